The summed E-state index contributed by atoms with van der Waals surface area (Å²) in [6.07, 6.45) is 2.92. The Labute approximate surface area is 92.0 Å². The molecule has 1 aromatic rings. The lowest BCUT2D eigenvalue weighted by Gasteiger charge is -2.10. The van der Waals surface area contributed by atoms with Crippen molar-refractivity contribution in [2.24, 2.45) is 11.5 Å². The summed E-state index contributed by atoms with van der Waals surface area (Å²) in [7, 11) is 0. The van der Waals surface area contributed by atoms with E-state index in [-0.39, 0.29) is 6.42 Å². The Kier molecular flexibility index (Phi) is 4.40. The van der Waals surface area contributed by atoms with Crippen molar-refractivity contribution in [1.29, 1.82) is 0 Å². The van der Waals surface area contributed by atoms with Gasteiger partial charge < -0.3 is 21.4 Å². The minimum Gasteiger partial charge on any atom is -0.370 e. The number of rotatable bonds is 6. The molecule has 0 aliphatic heterocycles. The summed E-state index contributed by atoms with van der Waals surface area (Å²) in [5.41, 5.74) is 10.4. The Morgan fingerprint density at radius 1 is 1.38 bits per heavy atom. The first-order chi connectivity index (χ1) is 7.59. The Morgan fingerprint density at radius 2 is 2.00 bits per heavy atom. The van der Waals surface area contributed by atoms with Gasteiger partial charge in [0.25, 0.3) is 0 Å². The molecule has 0 spiro atoms. The van der Waals surface area contributed by atoms with Gasteiger partial charge in [0.15, 0.2) is 0 Å². The van der Waals surface area contributed by atoms with E-state index < -0.39 is 17.9 Å². The van der Waals surface area contributed by atoms with Crippen LogP contribution in [0.15, 0.2) is 12.7 Å². The molecule has 1 aromatic heterocycles. The topological polar surface area (TPSA) is 129 Å². The highest BCUT2D eigenvalue weighted by molar-refractivity contribution is 5.87. The van der Waals surface area contributed by atoms with Crippen LogP contribution < -0.4 is 16.8 Å². The van der Waals surface area contributed by atoms with Crippen molar-refractivity contribution in [3.8, 4) is 0 Å². The largest absolute Gasteiger partial charge is 0.370 e. The van der Waals surface area contributed by atoms with E-state index in [9.17, 15) is 9.59 Å². The molecular weight excluding hydrogens is 212 g/mol. The number of carbonyl (C=O) groups excluding carboxylic acids is 2. The zero-order chi connectivity index (χ0) is 12.0. The Hall–Kier alpha value is -1.96. The van der Waals surface area contributed by atoms with Crippen LogP contribution in [0, 0.1) is 0 Å². The molecule has 0 saturated carbocycles. The van der Waals surface area contributed by atoms with E-state index in [0.29, 0.717) is 13.1 Å². The van der Waals surface area contributed by atoms with Gasteiger partial charge in [-0.25, -0.2) is 0 Å². The maximum Gasteiger partial charge on any atom is 0.237 e. The van der Waals surface area contributed by atoms with Gasteiger partial charge in [-0.05, 0) is 0 Å². The van der Waals surface area contributed by atoms with Gasteiger partial charge >= 0.3 is 0 Å². The molecule has 1 atom stereocenters. The molecule has 1 rings (SSSR count). The predicted octanol–water partition coefficient (Wildman–Crippen LogP) is -2.40. The molecule has 16 heavy (non-hydrogen) atoms. The number of nitrogens with two attached hydrogens (primary N) is 2. The molecule has 5 N–H and O–H groups in total. The van der Waals surface area contributed by atoms with Gasteiger partial charge in [-0.2, -0.15) is 0 Å². The molecule has 0 unspecified atom stereocenters. The first-order valence-electron chi connectivity index (χ1n) is 4.73. The summed E-state index contributed by atoms with van der Waals surface area (Å²) < 4.78 is 1.71. The molecule has 1 heterocycles. The van der Waals surface area contributed by atoms with Crippen molar-refractivity contribution in [3.63, 3.8) is 0 Å². The number of hydrogen-bond donors (Lipinski definition) is 3. The zero-order valence-electron chi connectivity index (χ0n) is 8.67. The summed E-state index contributed by atoms with van der Waals surface area (Å²) in [5, 5.41) is 9.80. The molecule has 2 amide bonds. The predicted molar refractivity (Wildman–Crippen MR) is 54.8 cm³/mol. The van der Waals surface area contributed by atoms with Crippen LogP contribution in [0.25, 0.3) is 0 Å². The number of amides is 2. The van der Waals surface area contributed by atoms with Crippen LogP contribution >= 0.6 is 0 Å². The highest BCUT2D eigenvalue weighted by Crippen LogP contribution is 1.87. The minimum absolute atomic E-state index is 0.154. The first kappa shape index (κ1) is 12.1. The van der Waals surface area contributed by atoms with Crippen molar-refractivity contribution in [2.75, 3.05) is 6.54 Å². The van der Waals surface area contributed by atoms with Crippen LogP contribution in [0.3, 0.4) is 0 Å². The molecule has 0 aromatic carbocycles. The van der Waals surface area contributed by atoms with Gasteiger partial charge in [-0.3, -0.25) is 9.59 Å². The van der Waals surface area contributed by atoms with Crippen LogP contribution in [0.2, 0.25) is 0 Å². The molecule has 0 fully saturated rings. The molecule has 8 heteroatoms. The quantitative estimate of drug-likeness (QED) is 0.498. The third-order valence-corrected chi connectivity index (χ3v) is 1.89. The fourth-order valence-electron chi connectivity index (χ4n) is 1.09. The highest BCUT2D eigenvalue weighted by atomic mass is 16.2. The molecule has 88 valence electrons. The average Bonchev–Trinajstić information content (AvgIpc) is 2.69. The van der Waals surface area contributed by atoms with Crippen molar-refractivity contribution in [1.82, 2.24) is 20.1 Å². The number of nitrogens with one attached hydrogen (secondary N) is 1. The van der Waals surface area contributed by atoms with E-state index >= 15 is 0 Å². The highest BCUT2D eigenvalue weighted by Gasteiger charge is 2.14. The number of primary amides is 1. The van der Waals surface area contributed by atoms with E-state index in [1.807, 2.05) is 0 Å². The molecular formula is C8H14N6O2. The number of nitrogens with zero attached hydrogens (tertiary/aromatic N) is 3. The zero-order valence-corrected chi connectivity index (χ0v) is 8.67. The smallest absolute Gasteiger partial charge is 0.237 e. The second kappa shape index (κ2) is 5.81. The van der Waals surface area contributed by atoms with Crippen molar-refractivity contribution in [3.05, 3.63) is 12.7 Å². The Bertz CT molecular complexity index is 349. The summed E-state index contributed by atoms with van der Waals surface area (Å²) in [4.78, 5) is 21.8. The average molecular weight is 226 g/mol. The third kappa shape index (κ3) is 4.05. The third-order valence-electron chi connectivity index (χ3n) is 1.89. The van der Waals surface area contributed by atoms with Crippen LogP contribution in [-0.4, -0.2) is 39.2 Å². The Morgan fingerprint density at radius 3 is 2.56 bits per heavy atom. The lowest BCUT2D eigenvalue weighted by atomic mass is 10.2. The fraction of sp³-hybridized carbons (Fsp3) is 0.500. The van der Waals surface area contributed by atoms with Gasteiger partial charge in [0, 0.05) is 13.1 Å². The molecule has 0 aliphatic rings. The molecule has 0 aliphatic carbocycles. The van der Waals surface area contributed by atoms with Crippen molar-refractivity contribution in [2.45, 2.75) is 19.0 Å². The first-order valence-corrected chi connectivity index (χ1v) is 4.73. The van der Waals surface area contributed by atoms with Gasteiger partial charge in [0.1, 0.15) is 12.7 Å². The second-order valence-electron chi connectivity index (χ2n) is 3.27. The van der Waals surface area contributed by atoms with E-state index in [4.69, 9.17) is 11.5 Å². The van der Waals surface area contributed by atoms with Crippen LogP contribution in [0.1, 0.15) is 6.42 Å². The fourth-order valence-corrected chi connectivity index (χ4v) is 1.09. The minimum atomic E-state index is -0.890. The molecule has 0 bridgehead atoms. The SMILES string of the molecule is NC(=O)C[C@@H](N)C(=O)NCCn1cnnc1. The summed E-state index contributed by atoms with van der Waals surface area (Å²) >= 11 is 0. The lowest BCUT2D eigenvalue weighted by molar-refractivity contribution is -0.126. The van der Waals surface area contributed by atoms with Crippen LogP contribution in [0.4, 0.5) is 0 Å². The van der Waals surface area contributed by atoms with Gasteiger partial charge in [-0.1, -0.05) is 0 Å². The summed E-state index contributed by atoms with van der Waals surface area (Å²) in [5.74, 6) is -0.992. The van der Waals surface area contributed by atoms with Gasteiger partial charge in [0.2, 0.25) is 11.8 Å². The lowest BCUT2D eigenvalue weighted by Crippen LogP contribution is -2.43. The van der Waals surface area contributed by atoms with E-state index in [0.717, 1.165) is 0 Å². The van der Waals surface area contributed by atoms with Crippen LogP contribution in [-0.2, 0) is 16.1 Å². The Balaban J connectivity index is 2.22. The normalized spacial score (nSPS) is 12.1. The number of carbonyl (C=O) groups is 2. The van der Waals surface area contributed by atoms with Crippen LogP contribution in [0.5, 0.6) is 0 Å². The number of aromatic nitrogens is 3. The summed E-state index contributed by atoms with van der Waals surface area (Å²) in [6, 6.07) is -0.890. The second-order valence-corrected chi connectivity index (χ2v) is 3.27. The molecule has 0 saturated heterocycles. The van der Waals surface area contributed by atoms with Gasteiger partial charge in [-0.15, -0.1) is 10.2 Å². The number of hydrogen-bond acceptors (Lipinski definition) is 5. The molecule has 8 nitrogen and oxygen atoms in total. The van der Waals surface area contributed by atoms with Gasteiger partial charge in [0.05, 0.1) is 12.5 Å². The van der Waals surface area contributed by atoms with E-state index in [1.165, 1.54) is 12.7 Å². The van der Waals surface area contributed by atoms with E-state index in [2.05, 4.69) is 15.5 Å². The maximum atomic E-state index is 11.3. The van der Waals surface area contributed by atoms with Crippen molar-refractivity contribution >= 4 is 11.8 Å². The molecule has 0 radical (unpaired) electrons. The van der Waals surface area contributed by atoms with Crippen molar-refractivity contribution < 1.29 is 9.59 Å². The maximum absolute atomic E-state index is 11.3. The van der Waals surface area contributed by atoms with E-state index in [1.54, 1.807) is 4.57 Å². The standard InChI is InChI=1S/C8H14N6O2/c9-6(3-7(10)15)8(16)11-1-2-14-4-12-13-5-14/h4-6H,1-3,9H2,(H2,10,15)(H,11,16)/t6-/m1/s1. The monoisotopic (exact) mass is 226 g/mol. The summed E-state index contributed by atoms with van der Waals surface area (Å²) in [6.45, 7) is 0.936.